The van der Waals surface area contributed by atoms with Gasteiger partial charge >= 0.3 is 0 Å². The number of fused-ring (bicyclic) bond motifs is 2. The van der Waals surface area contributed by atoms with E-state index in [9.17, 15) is 4.79 Å². The van der Waals surface area contributed by atoms with Crippen LogP contribution >= 0.6 is 12.4 Å². The smallest absolute Gasteiger partial charge is 0.136 e. The van der Waals surface area contributed by atoms with Crippen LogP contribution in [0.15, 0.2) is 30.3 Å². The third-order valence-electron chi connectivity index (χ3n) is 4.15. The number of Topliss-reactive ketones (excluding diaryl/α,β-unsaturated/α-hetero) is 1. The lowest BCUT2D eigenvalue weighted by atomic mass is 9.83. The molecular formula is C15H20ClNO. The number of piperidine rings is 2. The third-order valence-corrected chi connectivity index (χ3v) is 4.15. The Morgan fingerprint density at radius 2 is 1.67 bits per heavy atom. The van der Waals surface area contributed by atoms with E-state index >= 15 is 0 Å². The molecule has 2 atom stereocenters. The number of rotatable bonds is 2. The van der Waals surface area contributed by atoms with Gasteiger partial charge in [0, 0.05) is 31.5 Å². The molecule has 18 heavy (non-hydrogen) atoms. The molecule has 0 aromatic heterocycles. The Morgan fingerprint density at radius 1 is 1.06 bits per heavy atom. The van der Waals surface area contributed by atoms with Gasteiger partial charge in [0.15, 0.2) is 0 Å². The molecule has 2 heterocycles. The number of halogens is 1. The summed E-state index contributed by atoms with van der Waals surface area (Å²) in [5, 5.41) is 0. The summed E-state index contributed by atoms with van der Waals surface area (Å²) in [7, 11) is 0. The fourth-order valence-electron chi connectivity index (χ4n) is 3.32. The van der Waals surface area contributed by atoms with Gasteiger partial charge < -0.3 is 0 Å². The van der Waals surface area contributed by atoms with Gasteiger partial charge in [0.1, 0.15) is 5.78 Å². The van der Waals surface area contributed by atoms with Crippen LogP contribution in [0, 0.1) is 0 Å². The average molecular weight is 266 g/mol. The monoisotopic (exact) mass is 265 g/mol. The van der Waals surface area contributed by atoms with Gasteiger partial charge in [-0.2, -0.15) is 0 Å². The molecule has 0 radical (unpaired) electrons. The molecule has 0 saturated carbocycles. The highest BCUT2D eigenvalue weighted by molar-refractivity contribution is 5.85. The fraction of sp³-hybridized carbons (Fsp3) is 0.533. The predicted molar refractivity (Wildman–Crippen MR) is 74.9 cm³/mol. The first-order chi connectivity index (χ1) is 8.33. The molecule has 2 bridgehead atoms. The van der Waals surface area contributed by atoms with Gasteiger partial charge in [-0.15, -0.1) is 12.4 Å². The largest absolute Gasteiger partial charge is 0.300 e. The molecule has 2 nitrogen and oxygen atoms in total. The summed E-state index contributed by atoms with van der Waals surface area (Å²) >= 11 is 0. The van der Waals surface area contributed by atoms with Gasteiger partial charge in [-0.25, -0.2) is 0 Å². The van der Waals surface area contributed by atoms with Gasteiger partial charge in [-0.1, -0.05) is 36.8 Å². The number of hydrogen-bond acceptors (Lipinski definition) is 2. The maximum absolute atomic E-state index is 11.6. The van der Waals surface area contributed by atoms with Crippen molar-refractivity contribution in [3.05, 3.63) is 35.9 Å². The lowest BCUT2D eigenvalue weighted by Crippen LogP contribution is -2.51. The van der Waals surface area contributed by atoms with Crippen molar-refractivity contribution in [2.24, 2.45) is 0 Å². The first kappa shape index (κ1) is 13.6. The van der Waals surface area contributed by atoms with E-state index < -0.39 is 0 Å². The molecule has 0 amide bonds. The van der Waals surface area contributed by atoms with E-state index in [0.29, 0.717) is 17.9 Å². The Kier molecular flexibility index (Phi) is 4.41. The average Bonchev–Trinajstić information content (AvgIpc) is 2.32. The number of nitrogens with zero attached hydrogens (tertiary/aromatic N) is 1. The zero-order valence-corrected chi connectivity index (χ0v) is 11.4. The molecule has 1 aromatic carbocycles. The zero-order chi connectivity index (χ0) is 11.7. The number of benzene rings is 1. The SMILES string of the molecule is Cl.O=C1C[C@H]2CCC[C@@H](C1)N2Cc1ccccc1. The number of carbonyl (C=O) groups is 1. The van der Waals surface area contributed by atoms with Crippen molar-refractivity contribution in [1.82, 2.24) is 4.90 Å². The van der Waals surface area contributed by atoms with Crippen molar-refractivity contribution in [3.63, 3.8) is 0 Å². The molecular weight excluding hydrogens is 246 g/mol. The minimum absolute atomic E-state index is 0. The third kappa shape index (κ3) is 2.76. The summed E-state index contributed by atoms with van der Waals surface area (Å²) in [6.45, 7) is 1.02. The van der Waals surface area contributed by atoms with Crippen LogP contribution in [0.2, 0.25) is 0 Å². The van der Waals surface area contributed by atoms with Gasteiger partial charge in [-0.05, 0) is 18.4 Å². The second kappa shape index (κ2) is 5.85. The minimum atomic E-state index is 0. The summed E-state index contributed by atoms with van der Waals surface area (Å²) in [5.74, 6) is 0.476. The van der Waals surface area contributed by atoms with E-state index in [2.05, 4.69) is 35.2 Å². The molecule has 2 saturated heterocycles. The normalized spacial score (nSPS) is 27.7. The lowest BCUT2D eigenvalue weighted by Gasteiger charge is -2.45. The molecule has 1 aromatic rings. The van der Waals surface area contributed by atoms with E-state index in [-0.39, 0.29) is 12.4 Å². The fourth-order valence-corrected chi connectivity index (χ4v) is 3.32. The summed E-state index contributed by atoms with van der Waals surface area (Å²) < 4.78 is 0. The lowest BCUT2D eigenvalue weighted by molar-refractivity contribution is -0.127. The van der Waals surface area contributed by atoms with E-state index in [0.717, 1.165) is 19.4 Å². The molecule has 3 heteroatoms. The first-order valence-corrected chi connectivity index (χ1v) is 6.64. The van der Waals surface area contributed by atoms with Crippen molar-refractivity contribution in [3.8, 4) is 0 Å². The predicted octanol–water partition coefficient (Wildman–Crippen LogP) is 3.19. The minimum Gasteiger partial charge on any atom is -0.300 e. The van der Waals surface area contributed by atoms with E-state index in [1.54, 1.807) is 0 Å². The summed E-state index contributed by atoms with van der Waals surface area (Å²) in [6.07, 6.45) is 5.27. The Hall–Kier alpha value is -0.860. The second-order valence-corrected chi connectivity index (χ2v) is 5.34. The standard InChI is InChI=1S/C15H19NO.ClH/c17-15-9-13-7-4-8-14(10-15)16(13)11-12-5-2-1-3-6-12;/h1-3,5-6,13-14H,4,7-11H2;1H/t13-,14+;. The van der Waals surface area contributed by atoms with Gasteiger partial charge in [-0.3, -0.25) is 9.69 Å². The van der Waals surface area contributed by atoms with E-state index in [1.807, 2.05) is 0 Å². The maximum atomic E-state index is 11.6. The van der Waals surface area contributed by atoms with Gasteiger partial charge in [0.2, 0.25) is 0 Å². The first-order valence-electron chi connectivity index (χ1n) is 6.64. The Labute approximate surface area is 115 Å². The van der Waals surface area contributed by atoms with Gasteiger partial charge in [0.25, 0.3) is 0 Å². The van der Waals surface area contributed by atoms with Crippen LogP contribution in [0.3, 0.4) is 0 Å². The Morgan fingerprint density at radius 3 is 2.28 bits per heavy atom. The highest BCUT2D eigenvalue weighted by atomic mass is 35.5. The van der Waals surface area contributed by atoms with Crippen LogP contribution in [-0.4, -0.2) is 22.8 Å². The Bertz CT molecular complexity index is 390. The van der Waals surface area contributed by atoms with Crippen LogP contribution < -0.4 is 0 Å². The van der Waals surface area contributed by atoms with E-state index in [1.165, 1.54) is 24.8 Å². The highest BCUT2D eigenvalue weighted by Crippen LogP contribution is 2.33. The number of carbonyl (C=O) groups excluding carboxylic acids is 1. The van der Waals surface area contributed by atoms with Crippen molar-refractivity contribution >= 4 is 18.2 Å². The second-order valence-electron chi connectivity index (χ2n) is 5.34. The molecule has 0 N–H and O–H groups in total. The Balaban J connectivity index is 0.00000120. The molecule has 2 aliphatic rings. The molecule has 2 fully saturated rings. The van der Waals surface area contributed by atoms with Crippen LogP contribution in [0.25, 0.3) is 0 Å². The van der Waals surface area contributed by atoms with Crippen molar-refractivity contribution in [2.45, 2.75) is 50.7 Å². The van der Waals surface area contributed by atoms with Crippen LogP contribution in [-0.2, 0) is 11.3 Å². The molecule has 0 spiro atoms. The molecule has 3 rings (SSSR count). The summed E-state index contributed by atoms with van der Waals surface area (Å²) in [4.78, 5) is 14.2. The zero-order valence-electron chi connectivity index (χ0n) is 10.5. The number of ketones is 1. The van der Waals surface area contributed by atoms with Crippen molar-refractivity contribution in [1.29, 1.82) is 0 Å². The van der Waals surface area contributed by atoms with E-state index in [4.69, 9.17) is 0 Å². The van der Waals surface area contributed by atoms with Gasteiger partial charge in [0.05, 0.1) is 0 Å². The molecule has 2 aliphatic heterocycles. The molecule has 0 unspecified atom stereocenters. The highest BCUT2D eigenvalue weighted by Gasteiger charge is 2.37. The van der Waals surface area contributed by atoms with Crippen molar-refractivity contribution in [2.75, 3.05) is 0 Å². The molecule has 0 aliphatic carbocycles. The topological polar surface area (TPSA) is 20.3 Å². The van der Waals surface area contributed by atoms with Crippen LogP contribution in [0.4, 0.5) is 0 Å². The van der Waals surface area contributed by atoms with Crippen LogP contribution in [0.1, 0.15) is 37.7 Å². The molecule has 98 valence electrons. The number of hydrogen-bond donors (Lipinski definition) is 0. The van der Waals surface area contributed by atoms with Crippen LogP contribution in [0.5, 0.6) is 0 Å². The summed E-state index contributed by atoms with van der Waals surface area (Å²) in [6, 6.07) is 11.6. The summed E-state index contributed by atoms with van der Waals surface area (Å²) in [5.41, 5.74) is 1.37. The maximum Gasteiger partial charge on any atom is 0.136 e. The quantitative estimate of drug-likeness (QED) is 0.819. The van der Waals surface area contributed by atoms with Crippen molar-refractivity contribution < 1.29 is 4.79 Å².